The number of hydrogen-bond donors (Lipinski definition) is 1. The summed E-state index contributed by atoms with van der Waals surface area (Å²) >= 11 is 0. The molecule has 3 nitrogen and oxygen atoms in total. The van der Waals surface area contributed by atoms with Gasteiger partial charge < -0.3 is 10.1 Å². The number of pyridine rings is 1. The maximum Gasteiger partial charge on any atom is 0.137 e. The zero-order valence-corrected chi connectivity index (χ0v) is 13.8. The number of ether oxygens (including phenoxy) is 1. The first-order chi connectivity index (χ1) is 10.2. The van der Waals surface area contributed by atoms with E-state index in [1.807, 2.05) is 19.3 Å². The van der Waals surface area contributed by atoms with Gasteiger partial charge in [0.15, 0.2) is 0 Å². The highest BCUT2D eigenvalue weighted by Gasteiger charge is 2.29. The van der Waals surface area contributed by atoms with Crippen LogP contribution in [0.15, 0.2) is 18.5 Å². The largest absolute Gasteiger partial charge is 0.492 e. The summed E-state index contributed by atoms with van der Waals surface area (Å²) in [5.41, 5.74) is 1.36. The lowest BCUT2D eigenvalue weighted by molar-refractivity contribution is 0.241. The molecule has 1 aliphatic carbocycles. The molecular formula is C18H30N2O. The van der Waals surface area contributed by atoms with Gasteiger partial charge in [-0.3, -0.25) is 4.98 Å². The van der Waals surface area contributed by atoms with Crippen LogP contribution >= 0.6 is 0 Å². The Labute approximate surface area is 129 Å². The van der Waals surface area contributed by atoms with Gasteiger partial charge in [0.1, 0.15) is 5.75 Å². The Morgan fingerprint density at radius 1 is 1.29 bits per heavy atom. The summed E-state index contributed by atoms with van der Waals surface area (Å²) in [4.78, 5) is 4.39. The fourth-order valence-electron chi connectivity index (χ4n) is 3.44. The van der Waals surface area contributed by atoms with Crippen molar-refractivity contribution >= 4 is 0 Å². The van der Waals surface area contributed by atoms with Gasteiger partial charge in [-0.1, -0.05) is 20.3 Å². The van der Waals surface area contributed by atoms with Crippen molar-refractivity contribution in [1.29, 1.82) is 0 Å². The van der Waals surface area contributed by atoms with Crippen molar-refractivity contribution in [2.24, 2.45) is 11.8 Å². The molecule has 1 fully saturated rings. The average molecular weight is 290 g/mol. The second-order valence-electron chi connectivity index (χ2n) is 6.38. The smallest absolute Gasteiger partial charge is 0.137 e. The van der Waals surface area contributed by atoms with Gasteiger partial charge in [0, 0.05) is 6.20 Å². The van der Waals surface area contributed by atoms with E-state index in [9.17, 15) is 0 Å². The van der Waals surface area contributed by atoms with E-state index in [4.69, 9.17) is 4.74 Å². The molecule has 1 aliphatic rings. The molecule has 0 saturated heterocycles. The molecule has 1 heterocycles. The summed E-state index contributed by atoms with van der Waals surface area (Å²) in [6, 6.07) is 2.20. The number of nitrogens with one attached hydrogen (secondary N) is 1. The van der Waals surface area contributed by atoms with Crippen LogP contribution in [0.1, 0.15) is 57.9 Å². The SMILES string of the molecule is CCCNCC1CCC(C)CC1c1cncc(OCC)c1. The molecule has 1 aromatic heterocycles. The summed E-state index contributed by atoms with van der Waals surface area (Å²) in [6.07, 6.45) is 9.02. The first kappa shape index (κ1) is 16.3. The molecule has 1 aromatic rings. The van der Waals surface area contributed by atoms with Crippen molar-refractivity contribution in [1.82, 2.24) is 10.3 Å². The topological polar surface area (TPSA) is 34.2 Å². The van der Waals surface area contributed by atoms with Gasteiger partial charge in [-0.05, 0) is 68.7 Å². The van der Waals surface area contributed by atoms with Crippen molar-refractivity contribution in [3.8, 4) is 5.75 Å². The normalized spacial score (nSPS) is 25.8. The maximum absolute atomic E-state index is 5.62. The highest BCUT2D eigenvalue weighted by molar-refractivity contribution is 5.27. The molecular weight excluding hydrogens is 260 g/mol. The highest BCUT2D eigenvalue weighted by Crippen LogP contribution is 2.40. The molecule has 118 valence electrons. The summed E-state index contributed by atoms with van der Waals surface area (Å²) in [6.45, 7) is 9.58. The minimum atomic E-state index is 0.617. The van der Waals surface area contributed by atoms with Gasteiger partial charge in [0.05, 0.1) is 12.8 Å². The number of hydrogen-bond acceptors (Lipinski definition) is 3. The van der Waals surface area contributed by atoms with Crippen molar-refractivity contribution in [3.63, 3.8) is 0 Å². The fraction of sp³-hybridized carbons (Fsp3) is 0.722. The first-order valence-corrected chi connectivity index (χ1v) is 8.53. The number of nitrogens with zero attached hydrogens (tertiary/aromatic N) is 1. The van der Waals surface area contributed by atoms with E-state index in [1.165, 1.54) is 31.2 Å². The molecule has 0 radical (unpaired) electrons. The van der Waals surface area contributed by atoms with Crippen LogP contribution in [0.3, 0.4) is 0 Å². The molecule has 0 bridgehead atoms. The molecule has 3 unspecified atom stereocenters. The van der Waals surface area contributed by atoms with Gasteiger partial charge in [0.25, 0.3) is 0 Å². The van der Waals surface area contributed by atoms with Crippen LogP contribution in [0.2, 0.25) is 0 Å². The van der Waals surface area contributed by atoms with Crippen LogP contribution in [-0.2, 0) is 0 Å². The standard InChI is InChI=1S/C18H30N2O/c1-4-8-19-11-15-7-6-14(3)9-18(15)16-10-17(21-5-2)13-20-12-16/h10,12-15,18-19H,4-9,11H2,1-3H3. The Morgan fingerprint density at radius 2 is 2.14 bits per heavy atom. The number of aromatic nitrogens is 1. The quantitative estimate of drug-likeness (QED) is 0.771. The van der Waals surface area contributed by atoms with Crippen molar-refractivity contribution < 1.29 is 4.74 Å². The van der Waals surface area contributed by atoms with Gasteiger partial charge in [0.2, 0.25) is 0 Å². The van der Waals surface area contributed by atoms with Gasteiger partial charge >= 0.3 is 0 Å². The summed E-state index contributed by atoms with van der Waals surface area (Å²) in [5, 5.41) is 3.61. The van der Waals surface area contributed by atoms with E-state index in [0.29, 0.717) is 12.5 Å². The Morgan fingerprint density at radius 3 is 2.90 bits per heavy atom. The van der Waals surface area contributed by atoms with Crippen LogP contribution in [0.5, 0.6) is 5.75 Å². The van der Waals surface area contributed by atoms with Crippen LogP contribution in [0, 0.1) is 11.8 Å². The molecule has 2 rings (SSSR count). The van der Waals surface area contributed by atoms with Crippen molar-refractivity contribution in [2.45, 2.75) is 52.4 Å². The minimum Gasteiger partial charge on any atom is -0.492 e. The van der Waals surface area contributed by atoms with Crippen molar-refractivity contribution in [2.75, 3.05) is 19.7 Å². The second kappa shape index (κ2) is 8.38. The van der Waals surface area contributed by atoms with E-state index in [2.05, 4.69) is 30.2 Å². The Hall–Kier alpha value is -1.09. The van der Waals surface area contributed by atoms with Gasteiger partial charge in [-0.15, -0.1) is 0 Å². The lowest BCUT2D eigenvalue weighted by Gasteiger charge is -2.35. The predicted molar refractivity (Wildman–Crippen MR) is 87.8 cm³/mol. The fourth-order valence-corrected chi connectivity index (χ4v) is 3.44. The number of rotatable bonds is 7. The Balaban J connectivity index is 2.09. The molecule has 3 heteroatoms. The summed E-state index contributed by atoms with van der Waals surface area (Å²) in [5.74, 6) is 3.07. The summed E-state index contributed by atoms with van der Waals surface area (Å²) < 4.78 is 5.62. The van der Waals surface area contributed by atoms with Crippen LogP contribution < -0.4 is 10.1 Å². The van der Waals surface area contributed by atoms with E-state index in [0.717, 1.165) is 30.7 Å². The highest BCUT2D eigenvalue weighted by atomic mass is 16.5. The lowest BCUT2D eigenvalue weighted by atomic mass is 9.72. The monoisotopic (exact) mass is 290 g/mol. The predicted octanol–water partition coefficient (Wildman–Crippen LogP) is 4.00. The molecule has 1 N–H and O–H groups in total. The molecule has 0 aliphatic heterocycles. The second-order valence-corrected chi connectivity index (χ2v) is 6.38. The van der Waals surface area contributed by atoms with Gasteiger partial charge in [-0.25, -0.2) is 0 Å². The van der Waals surface area contributed by atoms with E-state index in [1.54, 1.807) is 0 Å². The average Bonchev–Trinajstić information content (AvgIpc) is 2.49. The third-order valence-corrected chi connectivity index (χ3v) is 4.56. The third-order valence-electron chi connectivity index (χ3n) is 4.56. The lowest BCUT2D eigenvalue weighted by Crippen LogP contribution is -2.32. The molecule has 21 heavy (non-hydrogen) atoms. The van der Waals surface area contributed by atoms with Crippen LogP contribution in [-0.4, -0.2) is 24.7 Å². The Kier molecular flexibility index (Phi) is 6.50. The van der Waals surface area contributed by atoms with E-state index < -0.39 is 0 Å². The van der Waals surface area contributed by atoms with E-state index in [-0.39, 0.29) is 0 Å². The third kappa shape index (κ3) is 4.70. The molecule has 0 spiro atoms. The molecule has 0 amide bonds. The Bertz CT molecular complexity index is 421. The van der Waals surface area contributed by atoms with Crippen LogP contribution in [0.4, 0.5) is 0 Å². The summed E-state index contributed by atoms with van der Waals surface area (Å²) in [7, 11) is 0. The van der Waals surface area contributed by atoms with E-state index >= 15 is 0 Å². The van der Waals surface area contributed by atoms with Crippen LogP contribution in [0.25, 0.3) is 0 Å². The zero-order valence-electron chi connectivity index (χ0n) is 13.8. The zero-order chi connectivity index (χ0) is 15.1. The molecule has 3 atom stereocenters. The van der Waals surface area contributed by atoms with Gasteiger partial charge in [-0.2, -0.15) is 0 Å². The van der Waals surface area contributed by atoms with Crippen molar-refractivity contribution in [3.05, 3.63) is 24.0 Å². The minimum absolute atomic E-state index is 0.617. The first-order valence-electron chi connectivity index (χ1n) is 8.53. The molecule has 0 aromatic carbocycles. The maximum atomic E-state index is 5.62. The molecule has 1 saturated carbocycles.